The maximum absolute atomic E-state index is 12.3. The molecule has 5 nitrogen and oxygen atoms in total. The number of carbonyl (C=O) groups is 2. The highest BCUT2D eigenvalue weighted by molar-refractivity contribution is 7.99. The van der Waals surface area contributed by atoms with Crippen molar-refractivity contribution in [3.05, 3.63) is 88.6 Å². The molecule has 1 saturated heterocycles. The van der Waals surface area contributed by atoms with E-state index in [1.807, 2.05) is 18.2 Å². The highest BCUT2D eigenvalue weighted by Crippen LogP contribution is 2.32. The van der Waals surface area contributed by atoms with E-state index < -0.39 is 18.2 Å². The van der Waals surface area contributed by atoms with Crippen LogP contribution in [0.2, 0.25) is 5.02 Å². The maximum Gasteiger partial charge on any atom is 0.349 e. The van der Waals surface area contributed by atoms with Gasteiger partial charge in [0.15, 0.2) is 5.09 Å². The molecule has 1 aromatic heterocycles. The van der Waals surface area contributed by atoms with Gasteiger partial charge in [-0.05, 0) is 36.4 Å². The van der Waals surface area contributed by atoms with E-state index >= 15 is 0 Å². The Morgan fingerprint density at radius 1 is 0.857 bits per heavy atom. The Labute approximate surface area is 169 Å². The second-order valence-electron chi connectivity index (χ2n) is 5.82. The molecule has 3 aromatic rings. The zero-order chi connectivity index (χ0) is 19.5. The largest absolute Gasteiger partial charge is 0.450 e. The van der Waals surface area contributed by atoms with Gasteiger partial charge in [-0.15, -0.1) is 0 Å². The number of cyclic esters (lactones) is 2. The van der Waals surface area contributed by atoms with Crippen LogP contribution in [0.1, 0.15) is 17.6 Å². The van der Waals surface area contributed by atoms with E-state index in [2.05, 4.69) is 0 Å². The lowest BCUT2D eigenvalue weighted by Gasteiger charge is -2.23. The summed E-state index contributed by atoms with van der Waals surface area (Å²) in [6.07, 6.45) is 0.267. The number of halogens is 1. The van der Waals surface area contributed by atoms with Crippen LogP contribution in [0.4, 0.5) is 0 Å². The highest BCUT2D eigenvalue weighted by Gasteiger charge is 2.34. The minimum Gasteiger partial charge on any atom is -0.450 e. The molecule has 0 spiro atoms. The lowest BCUT2D eigenvalue weighted by molar-refractivity contribution is -0.195. The van der Waals surface area contributed by atoms with Crippen LogP contribution in [0.15, 0.2) is 86.7 Å². The lowest BCUT2D eigenvalue weighted by Crippen LogP contribution is -2.29. The topological polar surface area (TPSA) is 65.7 Å². The first-order valence-electron chi connectivity index (χ1n) is 8.30. The van der Waals surface area contributed by atoms with E-state index in [1.165, 1.54) is 17.8 Å². The summed E-state index contributed by atoms with van der Waals surface area (Å²) in [6.45, 7) is 0. The summed E-state index contributed by atoms with van der Waals surface area (Å²) >= 11 is 7.27. The molecule has 1 aliphatic rings. The summed E-state index contributed by atoms with van der Waals surface area (Å²) in [7, 11) is 0. The van der Waals surface area contributed by atoms with Gasteiger partial charge < -0.3 is 13.9 Å². The molecule has 0 N–H and O–H groups in total. The average Bonchev–Trinajstić information content (AvgIpc) is 3.14. The maximum atomic E-state index is 12.3. The number of benzene rings is 2. The molecule has 140 valence electrons. The van der Waals surface area contributed by atoms with Gasteiger partial charge in [0, 0.05) is 21.6 Å². The lowest BCUT2D eigenvalue weighted by atomic mass is 10.1. The molecule has 1 fully saturated rings. The van der Waals surface area contributed by atoms with Gasteiger partial charge in [-0.1, -0.05) is 53.7 Å². The van der Waals surface area contributed by atoms with E-state index in [0.717, 1.165) is 4.90 Å². The van der Waals surface area contributed by atoms with Gasteiger partial charge in [-0.3, -0.25) is 0 Å². The fourth-order valence-corrected chi connectivity index (χ4v) is 3.43. The normalized spacial score (nSPS) is 16.5. The predicted octanol–water partition coefficient (Wildman–Crippen LogP) is 5.27. The van der Waals surface area contributed by atoms with Crippen LogP contribution in [0, 0.1) is 0 Å². The minimum absolute atomic E-state index is 0.218. The van der Waals surface area contributed by atoms with E-state index in [1.54, 1.807) is 48.5 Å². The molecule has 0 radical (unpaired) electrons. The second kappa shape index (κ2) is 7.96. The Morgan fingerprint density at radius 3 is 2.21 bits per heavy atom. The van der Waals surface area contributed by atoms with Crippen LogP contribution in [0.3, 0.4) is 0 Å². The SMILES string of the molecule is O=C1OC(c2ccccc2)OC(=O)C1=Cc1ccc(Sc2ccc(Cl)cc2)o1. The van der Waals surface area contributed by atoms with Gasteiger partial charge in [0.1, 0.15) is 11.3 Å². The number of esters is 2. The van der Waals surface area contributed by atoms with Gasteiger partial charge in [0.05, 0.1) is 0 Å². The van der Waals surface area contributed by atoms with E-state index in [4.69, 9.17) is 25.5 Å². The quantitative estimate of drug-likeness (QED) is 0.330. The van der Waals surface area contributed by atoms with Crippen molar-refractivity contribution in [3.8, 4) is 0 Å². The monoisotopic (exact) mass is 412 g/mol. The molecule has 0 saturated carbocycles. The molecule has 7 heteroatoms. The molecule has 0 amide bonds. The van der Waals surface area contributed by atoms with Crippen LogP contribution in [-0.4, -0.2) is 11.9 Å². The third kappa shape index (κ3) is 4.13. The molecular formula is C21H13ClO5S. The summed E-state index contributed by atoms with van der Waals surface area (Å²) in [6, 6.07) is 19.5. The standard InChI is InChI=1S/C21H13ClO5S/c22-14-6-9-16(10-7-14)28-18-11-8-15(25-18)12-17-19(23)26-21(27-20(17)24)13-4-2-1-3-5-13/h1-12,21H. The Morgan fingerprint density at radius 2 is 1.54 bits per heavy atom. The Kier molecular flexibility index (Phi) is 5.23. The fourth-order valence-electron chi connectivity index (χ4n) is 2.52. The highest BCUT2D eigenvalue weighted by atomic mass is 35.5. The molecule has 0 unspecified atom stereocenters. The smallest absolute Gasteiger partial charge is 0.349 e. The van der Waals surface area contributed by atoms with E-state index in [0.29, 0.717) is 21.4 Å². The van der Waals surface area contributed by atoms with Gasteiger partial charge in [-0.2, -0.15) is 0 Å². The van der Waals surface area contributed by atoms with Crippen LogP contribution < -0.4 is 0 Å². The van der Waals surface area contributed by atoms with Crippen LogP contribution >= 0.6 is 23.4 Å². The summed E-state index contributed by atoms with van der Waals surface area (Å²) in [4.78, 5) is 25.5. The molecule has 1 aliphatic heterocycles. The number of hydrogen-bond acceptors (Lipinski definition) is 6. The Hall–Kier alpha value is -2.96. The van der Waals surface area contributed by atoms with Crippen molar-refractivity contribution in [2.24, 2.45) is 0 Å². The van der Waals surface area contributed by atoms with Gasteiger partial charge >= 0.3 is 11.9 Å². The first-order valence-corrected chi connectivity index (χ1v) is 9.50. The molecule has 4 rings (SSSR count). The molecule has 0 atom stereocenters. The molecule has 2 heterocycles. The van der Waals surface area contributed by atoms with Crippen molar-refractivity contribution >= 4 is 41.4 Å². The average molecular weight is 413 g/mol. The minimum atomic E-state index is -1.05. The summed E-state index contributed by atoms with van der Waals surface area (Å²) in [5, 5.41) is 1.26. The van der Waals surface area contributed by atoms with Crippen molar-refractivity contribution < 1.29 is 23.5 Å². The van der Waals surface area contributed by atoms with Crippen LogP contribution in [0.5, 0.6) is 0 Å². The molecular weight excluding hydrogens is 400 g/mol. The van der Waals surface area contributed by atoms with Crippen molar-refractivity contribution in [1.82, 2.24) is 0 Å². The molecule has 0 bridgehead atoms. The number of carbonyl (C=O) groups excluding carboxylic acids is 2. The summed E-state index contributed by atoms with van der Waals surface area (Å²) < 4.78 is 16.1. The third-order valence-electron chi connectivity index (χ3n) is 3.86. The van der Waals surface area contributed by atoms with Crippen LogP contribution in [-0.2, 0) is 19.1 Å². The fraction of sp³-hybridized carbons (Fsp3) is 0.0476. The zero-order valence-corrected chi connectivity index (χ0v) is 15.9. The Bertz CT molecular complexity index is 1020. The van der Waals surface area contributed by atoms with Gasteiger partial charge in [0.25, 0.3) is 6.29 Å². The van der Waals surface area contributed by atoms with Crippen molar-refractivity contribution in [2.45, 2.75) is 16.3 Å². The summed E-state index contributed by atoms with van der Waals surface area (Å²) in [5.41, 5.74) is 0.368. The molecule has 28 heavy (non-hydrogen) atoms. The number of ether oxygens (including phenoxy) is 2. The Balaban J connectivity index is 1.48. The zero-order valence-electron chi connectivity index (χ0n) is 14.3. The van der Waals surface area contributed by atoms with Crippen molar-refractivity contribution in [1.29, 1.82) is 0 Å². The van der Waals surface area contributed by atoms with Gasteiger partial charge in [0.2, 0.25) is 0 Å². The number of rotatable bonds is 4. The summed E-state index contributed by atoms with van der Waals surface area (Å²) in [5.74, 6) is -1.17. The molecule has 2 aromatic carbocycles. The number of hydrogen-bond donors (Lipinski definition) is 0. The first kappa shape index (κ1) is 18.4. The van der Waals surface area contributed by atoms with Gasteiger partial charge in [-0.25, -0.2) is 9.59 Å². The van der Waals surface area contributed by atoms with Crippen molar-refractivity contribution in [2.75, 3.05) is 0 Å². The predicted molar refractivity (Wildman–Crippen MR) is 104 cm³/mol. The second-order valence-corrected chi connectivity index (χ2v) is 7.34. The van der Waals surface area contributed by atoms with E-state index in [9.17, 15) is 9.59 Å². The number of furan rings is 1. The van der Waals surface area contributed by atoms with E-state index in [-0.39, 0.29) is 5.57 Å². The first-order chi connectivity index (χ1) is 13.6. The third-order valence-corrected chi connectivity index (χ3v) is 5.04. The molecule has 0 aliphatic carbocycles. The van der Waals surface area contributed by atoms with Crippen molar-refractivity contribution in [3.63, 3.8) is 0 Å². The van der Waals surface area contributed by atoms with Crippen LogP contribution in [0.25, 0.3) is 6.08 Å².